The number of aliphatic hydroxyl groups is 2. The summed E-state index contributed by atoms with van der Waals surface area (Å²) in [7, 11) is 1.62. The lowest BCUT2D eigenvalue weighted by Gasteiger charge is -2.20. The summed E-state index contributed by atoms with van der Waals surface area (Å²) in [6, 6.07) is 7.79. The number of fused-ring (bicyclic) bond motifs is 1. The molecule has 5 rings (SSSR count). The van der Waals surface area contributed by atoms with E-state index in [-0.39, 0.29) is 17.9 Å². The monoisotopic (exact) mass is 470 g/mol. The maximum Gasteiger partial charge on any atom is 0.320 e. The maximum atomic E-state index is 10.7. The molecule has 3 aromatic rings. The van der Waals surface area contributed by atoms with Crippen LogP contribution in [0.25, 0.3) is 11.2 Å². The number of nitrogen functional groups attached to an aromatic ring is 1. The fourth-order valence-corrected chi connectivity index (χ4v) is 4.51. The van der Waals surface area contributed by atoms with Crippen molar-refractivity contribution in [1.29, 1.82) is 0 Å². The van der Waals surface area contributed by atoms with Gasteiger partial charge in [-0.25, -0.2) is 4.98 Å². The van der Waals surface area contributed by atoms with Gasteiger partial charge in [-0.3, -0.25) is 4.57 Å². The molecule has 2 aliphatic rings. The predicted octanol–water partition coefficient (Wildman–Crippen LogP) is 1.99. The van der Waals surface area contributed by atoms with Gasteiger partial charge >= 0.3 is 6.01 Å². The number of aromatic nitrogens is 4. The fourth-order valence-electron chi connectivity index (χ4n) is 4.51. The van der Waals surface area contributed by atoms with Crippen molar-refractivity contribution in [1.82, 2.24) is 19.5 Å². The molecule has 0 unspecified atom stereocenters. The third-order valence-electron chi connectivity index (χ3n) is 6.46. The molecule has 0 spiro atoms. The first kappa shape index (κ1) is 22.6. The zero-order valence-corrected chi connectivity index (χ0v) is 19.2. The van der Waals surface area contributed by atoms with Gasteiger partial charge in [0.05, 0.1) is 13.2 Å². The van der Waals surface area contributed by atoms with E-state index in [9.17, 15) is 10.2 Å². The van der Waals surface area contributed by atoms with Crippen LogP contribution in [0.5, 0.6) is 11.8 Å². The molecule has 2 fully saturated rings. The summed E-state index contributed by atoms with van der Waals surface area (Å²) in [6.07, 6.45) is 0.454. The van der Waals surface area contributed by atoms with Crippen LogP contribution in [-0.4, -0.2) is 61.3 Å². The molecule has 1 aliphatic carbocycles. The van der Waals surface area contributed by atoms with E-state index < -0.39 is 24.5 Å². The summed E-state index contributed by atoms with van der Waals surface area (Å²) in [5.41, 5.74) is 7.96. The molecule has 0 radical (unpaired) electrons. The zero-order chi connectivity index (χ0) is 23.8. The Balaban J connectivity index is 1.52. The molecule has 5 N–H and O–H groups in total. The number of nitrogens with one attached hydrogen (secondary N) is 1. The summed E-state index contributed by atoms with van der Waals surface area (Å²) in [5, 5.41) is 24.3. The quantitative estimate of drug-likeness (QED) is 0.404. The number of anilines is 2. The fraction of sp³-hybridized carbons (Fsp3) is 0.522. The van der Waals surface area contributed by atoms with Crippen molar-refractivity contribution in [3.8, 4) is 11.8 Å². The van der Waals surface area contributed by atoms with Gasteiger partial charge < -0.3 is 35.5 Å². The van der Waals surface area contributed by atoms with Gasteiger partial charge in [-0.1, -0.05) is 12.1 Å². The van der Waals surface area contributed by atoms with Gasteiger partial charge in [-0.2, -0.15) is 9.97 Å². The third kappa shape index (κ3) is 4.22. The number of hydrogen-bond donors (Lipinski definition) is 4. The van der Waals surface area contributed by atoms with Crippen LogP contribution in [0.1, 0.15) is 44.4 Å². The van der Waals surface area contributed by atoms with Crippen molar-refractivity contribution >= 4 is 22.9 Å². The Labute approximate surface area is 196 Å². The first-order valence-corrected chi connectivity index (χ1v) is 11.5. The highest BCUT2D eigenvalue weighted by molar-refractivity contribution is 5.84. The van der Waals surface area contributed by atoms with Crippen LogP contribution in [0.4, 0.5) is 11.8 Å². The minimum absolute atomic E-state index is 0.0519. The number of nitrogens with zero attached hydrogens (tertiary/aromatic N) is 4. The second-order valence-corrected chi connectivity index (χ2v) is 8.81. The van der Waals surface area contributed by atoms with Gasteiger partial charge in [0.25, 0.3) is 0 Å². The first-order valence-electron chi connectivity index (χ1n) is 11.5. The molecular weight excluding hydrogens is 440 g/mol. The average molecular weight is 471 g/mol. The predicted molar refractivity (Wildman–Crippen MR) is 125 cm³/mol. The van der Waals surface area contributed by atoms with Gasteiger partial charge in [-0.05, 0) is 50.3 Å². The van der Waals surface area contributed by atoms with E-state index in [1.165, 1.54) is 0 Å². The number of imidazole rings is 1. The molecule has 1 aromatic carbocycles. The van der Waals surface area contributed by atoms with E-state index >= 15 is 0 Å². The summed E-state index contributed by atoms with van der Waals surface area (Å²) < 4.78 is 18.7. The molecule has 1 aliphatic heterocycles. The lowest BCUT2D eigenvalue weighted by molar-refractivity contribution is -0.0287. The Morgan fingerprint density at radius 1 is 1.12 bits per heavy atom. The lowest BCUT2D eigenvalue weighted by Crippen LogP contribution is -2.30. The van der Waals surface area contributed by atoms with Crippen molar-refractivity contribution in [3.05, 3.63) is 29.8 Å². The van der Waals surface area contributed by atoms with E-state index in [2.05, 4.69) is 20.3 Å². The molecule has 0 amide bonds. The highest BCUT2D eigenvalue weighted by Crippen LogP contribution is 2.36. The Kier molecular flexibility index (Phi) is 6.15. The van der Waals surface area contributed by atoms with Crippen LogP contribution in [0, 0.1) is 0 Å². The van der Waals surface area contributed by atoms with Crippen molar-refractivity contribution < 1.29 is 24.4 Å². The van der Waals surface area contributed by atoms with E-state index in [1.807, 2.05) is 24.3 Å². The minimum Gasteiger partial charge on any atom is -0.497 e. The molecule has 0 bridgehead atoms. The first-order chi connectivity index (χ1) is 16.4. The Hall–Kier alpha value is -3.15. The third-order valence-corrected chi connectivity index (χ3v) is 6.46. The van der Waals surface area contributed by atoms with Crippen molar-refractivity contribution in [3.63, 3.8) is 0 Å². The van der Waals surface area contributed by atoms with Gasteiger partial charge in [0, 0.05) is 6.54 Å². The summed E-state index contributed by atoms with van der Waals surface area (Å²) in [5.74, 6) is 1.32. The summed E-state index contributed by atoms with van der Waals surface area (Å²) in [6.45, 7) is 2.14. The van der Waals surface area contributed by atoms with Crippen molar-refractivity contribution in [2.45, 2.75) is 69.8 Å². The molecule has 11 nitrogen and oxygen atoms in total. The summed E-state index contributed by atoms with van der Waals surface area (Å²) in [4.78, 5) is 13.5. The number of methoxy groups -OCH3 is 1. The number of rotatable bonds is 7. The molecule has 34 heavy (non-hydrogen) atoms. The second kappa shape index (κ2) is 9.24. The zero-order valence-electron chi connectivity index (χ0n) is 19.2. The number of benzene rings is 1. The molecule has 4 atom stereocenters. The number of nitrogens with two attached hydrogens (primary N) is 1. The number of hydrogen-bond acceptors (Lipinski definition) is 10. The van der Waals surface area contributed by atoms with Crippen molar-refractivity contribution in [2.75, 3.05) is 18.2 Å². The van der Waals surface area contributed by atoms with E-state index in [0.717, 1.165) is 37.0 Å². The Bertz CT molecular complexity index is 1150. The topological polar surface area (TPSA) is 150 Å². The normalized spacial score (nSPS) is 25.2. The van der Waals surface area contributed by atoms with Gasteiger partial charge in [0.1, 0.15) is 24.1 Å². The van der Waals surface area contributed by atoms with Crippen LogP contribution in [-0.2, 0) is 11.3 Å². The molecule has 1 saturated carbocycles. The highest BCUT2D eigenvalue weighted by Gasteiger charge is 2.43. The van der Waals surface area contributed by atoms with E-state index in [1.54, 1.807) is 18.6 Å². The number of aliphatic hydroxyl groups excluding tert-OH is 2. The van der Waals surface area contributed by atoms with Crippen LogP contribution in [0.3, 0.4) is 0 Å². The summed E-state index contributed by atoms with van der Waals surface area (Å²) >= 11 is 0. The van der Waals surface area contributed by atoms with Gasteiger partial charge in [0.15, 0.2) is 23.2 Å². The number of ether oxygens (including phenoxy) is 3. The molecular formula is C23H30N6O5. The second-order valence-electron chi connectivity index (χ2n) is 8.81. The Morgan fingerprint density at radius 2 is 1.85 bits per heavy atom. The smallest absolute Gasteiger partial charge is 0.320 e. The van der Waals surface area contributed by atoms with E-state index in [4.69, 9.17) is 19.9 Å². The molecule has 182 valence electrons. The highest BCUT2D eigenvalue weighted by atomic mass is 16.6. The average Bonchev–Trinajstić information content (AvgIpc) is 3.54. The van der Waals surface area contributed by atoms with Gasteiger partial charge in [0.2, 0.25) is 5.95 Å². The van der Waals surface area contributed by atoms with Crippen LogP contribution in [0.2, 0.25) is 0 Å². The van der Waals surface area contributed by atoms with Gasteiger partial charge in [-0.15, -0.1) is 0 Å². The largest absolute Gasteiger partial charge is 0.497 e. The van der Waals surface area contributed by atoms with Crippen LogP contribution < -0.4 is 20.5 Å². The van der Waals surface area contributed by atoms with Crippen LogP contribution >= 0.6 is 0 Å². The minimum atomic E-state index is -1.18. The van der Waals surface area contributed by atoms with E-state index in [0.29, 0.717) is 23.7 Å². The Morgan fingerprint density at radius 3 is 2.50 bits per heavy atom. The lowest BCUT2D eigenvalue weighted by atomic mass is 10.1. The maximum absolute atomic E-state index is 10.7. The molecule has 11 heteroatoms. The van der Waals surface area contributed by atoms with Crippen molar-refractivity contribution in [2.24, 2.45) is 0 Å². The standard InChI is InChI=1S/C23H30N6O5/c1-12-17(30)18(31)21(33-12)29-20-16(19(24)27-23(28-20)34-15-5-3-4-6-15)26-22(29)25-11-13-7-9-14(32-2)10-8-13/h7-10,12,15,17-18,21,30-31H,3-6,11H2,1-2H3,(H,25,26)(H2,24,27,28)/t12-,17-,18-,21-/m1/s1. The molecule has 3 heterocycles. The SMILES string of the molecule is COc1ccc(CNc2nc3c(N)nc(OC4CCCC4)nc3n2[C@@H]2O[C@H](C)[C@@H](O)[C@H]2O)cc1. The molecule has 2 aromatic heterocycles. The molecule has 1 saturated heterocycles. The van der Waals surface area contributed by atoms with Crippen LogP contribution in [0.15, 0.2) is 24.3 Å².